The number of hydrogen-bond acceptors (Lipinski definition) is 6. The molecule has 7 nitrogen and oxygen atoms in total. The minimum absolute atomic E-state index is 0.228. The van der Waals surface area contributed by atoms with E-state index in [1.54, 1.807) is 19.4 Å². The molecule has 1 aromatic carbocycles. The van der Waals surface area contributed by atoms with Crippen molar-refractivity contribution in [3.8, 4) is 11.5 Å². The standard InChI is InChI=1S/C21H25N3O4/c1-3-28-18-7-4-16(14-19(18)26-2)5-9-21(25)23-17-6-8-20(22-15-17)24-10-12-27-13-11-24/h4-9,14-15H,3,10-13H2,1-2H3,(H,23,25)/b9-5+. The third-order valence-corrected chi connectivity index (χ3v) is 4.27. The van der Waals surface area contributed by atoms with E-state index in [-0.39, 0.29) is 5.91 Å². The molecule has 7 heteroatoms. The van der Waals surface area contributed by atoms with Crippen LogP contribution in [0.2, 0.25) is 0 Å². The molecule has 1 aromatic heterocycles. The third-order valence-electron chi connectivity index (χ3n) is 4.27. The lowest BCUT2D eigenvalue weighted by Gasteiger charge is -2.27. The van der Waals surface area contributed by atoms with Gasteiger partial charge in [-0.25, -0.2) is 4.98 Å². The van der Waals surface area contributed by atoms with E-state index in [9.17, 15) is 4.79 Å². The van der Waals surface area contributed by atoms with Crippen molar-refractivity contribution in [2.45, 2.75) is 6.92 Å². The number of carbonyl (C=O) groups excluding carboxylic acids is 1. The van der Waals surface area contributed by atoms with Gasteiger partial charge in [-0.15, -0.1) is 0 Å². The van der Waals surface area contributed by atoms with Crippen LogP contribution in [0.25, 0.3) is 6.08 Å². The first kappa shape index (κ1) is 19.7. The monoisotopic (exact) mass is 383 g/mol. The number of anilines is 2. The Morgan fingerprint density at radius 3 is 2.75 bits per heavy atom. The Morgan fingerprint density at radius 2 is 2.07 bits per heavy atom. The molecular weight excluding hydrogens is 358 g/mol. The first-order chi connectivity index (χ1) is 13.7. The van der Waals surface area contributed by atoms with Crippen LogP contribution in [0, 0.1) is 0 Å². The van der Waals surface area contributed by atoms with Gasteiger partial charge in [0.05, 0.1) is 38.8 Å². The van der Waals surface area contributed by atoms with Crippen molar-refractivity contribution >= 4 is 23.5 Å². The second kappa shape index (κ2) is 9.75. The summed E-state index contributed by atoms with van der Waals surface area (Å²) >= 11 is 0. The van der Waals surface area contributed by atoms with Gasteiger partial charge in [-0.1, -0.05) is 6.07 Å². The number of morpholine rings is 1. The number of nitrogens with one attached hydrogen (secondary N) is 1. The number of rotatable bonds is 7. The summed E-state index contributed by atoms with van der Waals surface area (Å²) in [6, 6.07) is 9.28. The number of carbonyl (C=O) groups is 1. The summed E-state index contributed by atoms with van der Waals surface area (Å²) in [5.74, 6) is 1.97. The molecule has 3 rings (SSSR count). The van der Waals surface area contributed by atoms with Crippen LogP contribution in [0.15, 0.2) is 42.6 Å². The number of ether oxygens (including phenoxy) is 3. The maximum absolute atomic E-state index is 12.2. The Hall–Kier alpha value is -3.06. The molecule has 2 heterocycles. The largest absolute Gasteiger partial charge is 0.493 e. The van der Waals surface area contributed by atoms with Crippen molar-refractivity contribution in [2.75, 3.05) is 50.2 Å². The van der Waals surface area contributed by atoms with E-state index in [0.29, 0.717) is 37.0 Å². The molecular formula is C21H25N3O4. The lowest BCUT2D eigenvalue weighted by Crippen LogP contribution is -2.36. The zero-order valence-corrected chi connectivity index (χ0v) is 16.2. The summed E-state index contributed by atoms with van der Waals surface area (Å²) in [6.07, 6.45) is 4.87. The molecule has 1 amide bonds. The number of aromatic nitrogens is 1. The lowest BCUT2D eigenvalue weighted by molar-refractivity contribution is -0.111. The SMILES string of the molecule is CCOc1ccc(/C=C/C(=O)Nc2ccc(N3CCOCC3)nc2)cc1OC. The number of hydrogen-bond donors (Lipinski definition) is 1. The van der Waals surface area contributed by atoms with E-state index in [0.717, 1.165) is 24.5 Å². The van der Waals surface area contributed by atoms with Crippen molar-refractivity contribution in [1.82, 2.24) is 4.98 Å². The van der Waals surface area contributed by atoms with Gasteiger partial charge in [-0.05, 0) is 42.8 Å². The lowest BCUT2D eigenvalue weighted by atomic mass is 10.2. The Morgan fingerprint density at radius 1 is 1.25 bits per heavy atom. The molecule has 0 bridgehead atoms. The normalized spacial score (nSPS) is 14.1. The van der Waals surface area contributed by atoms with Gasteiger partial charge in [0.1, 0.15) is 5.82 Å². The molecule has 1 fully saturated rings. The van der Waals surface area contributed by atoms with Crippen molar-refractivity contribution in [3.05, 3.63) is 48.2 Å². The highest BCUT2D eigenvalue weighted by Crippen LogP contribution is 2.28. The maximum Gasteiger partial charge on any atom is 0.248 e. The fourth-order valence-corrected chi connectivity index (χ4v) is 2.86. The Kier molecular flexibility index (Phi) is 6.86. The van der Waals surface area contributed by atoms with Crippen molar-refractivity contribution in [3.63, 3.8) is 0 Å². The van der Waals surface area contributed by atoms with Crippen LogP contribution in [0.3, 0.4) is 0 Å². The number of benzene rings is 1. The van der Waals surface area contributed by atoms with Gasteiger partial charge < -0.3 is 24.4 Å². The topological polar surface area (TPSA) is 72.9 Å². The Balaban J connectivity index is 1.59. The molecule has 0 aliphatic carbocycles. The van der Waals surface area contributed by atoms with Crippen LogP contribution in [0.1, 0.15) is 12.5 Å². The van der Waals surface area contributed by atoms with Gasteiger partial charge in [0.25, 0.3) is 0 Å². The molecule has 0 spiro atoms. The Labute approximate surface area is 164 Å². The van der Waals surface area contributed by atoms with Crippen molar-refractivity contribution < 1.29 is 19.0 Å². The number of amides is 1. The third kappa shape index (κ3) is 5.23. The average Bonchev–Trinajstić information content (AvgIpc) is 2.74. The fraction of sp³-hybridized carbons (Fsp3) is 0.333. The van der Waals surface area contributed by atoms with Crippen LogP contribution in [0.4, 0.5) is 11.5 Å². The molecule has 0 radical (unpaired) electrons. The average molecular weight is 383 g/mol. The second-order valence-corrected chi connectivity index (χ2v) is 6.17. The number of methoxy groups -OCH3 is 1. The minimum atomic E-state index is -0.228. The van der Waals surface area contributed by atoms with Crippen molar-refractivity contribution in [2.24, 2.45) is 0 Å². The summed E-state index contributed by atoms with van der Waals surface area (Å²) in [4.78, 5) is 18.8. The van der Waals surface area contributed by atoms with Crippen LogP contribution < -0.4 is 19.7 Å². The highest BCUT2D eigenvalue weighted by molar-refractivity contribution is 6.01. The predicted octanol–water partition coefficient (Wildman–Crippen LogP) is 2.98. The highest BCUT2D eigenvalue weighted by Gasteiger charge is 2.12. The highest BCUT2D eigenvalue weighted by atomic mass is 16.5. The molecule has 0 atom stereocenters. The zero-order chi connectivity index (χ0) is 19.8. The van der Waals surface area contributed by atoms with Crippen LogP contribution in [-0.4, -0.2) is 50.9 Å². The van der Waals surface area contributed by atoms with E-state index in [2.05, 4.69) is 15.2 Å². The summed E-state index contributed by atoms with van der Waals surface area (Å²) < 4.78 is 16.2. The van der Waals surface area contributed by atoms with Gasteiger partial charge in [-0.3, -0.25) is 4.79 Å². The molecule has 2 aromatic rings. The summed E-state index contributed by atoms with van der Waals surface area (Å²) in [5, 5.41) is 2.82. The van der Waals surface area contributed by atoms with Crippen molar-refractivity contribution in [1.29, 1.82) is 0 Å². The van der Waals surface area contributed by atoms with Gasteiger partial charge in [-0.2, -0.15) is 0 Å². The molecule has 1 N–H and O–H groups in total. The first-order valence-corrected chi connectivity index (χ1v) is 9.28. The summed E-state index contributed by atoms with van der Waals surface area (Å²) in [7, 11) is 1.59. The van der Waals surface area contributed by atoms with Gasteiger partial charge in [0.2, 0.25) is 5.91 Å². The molecule has 28 heavy (non-hydrogen) atoms. The molecule has 1 saturated heterocycles. The smallest absolute Gasteiger partial charge is 0.248 e. The second-order valence-electron chi connectivity index (χ2n) is 6.17. The van der Waals surface area contributed by atoms with E-state index >= 15 is 0 Å². The van der Waals surface area contributed by atoms with E-state index in [1.807, 2.05) is 37.3 Å². The molecule has 148 valence electrons. The minimum Gasteiger partial charge on any atom is -0.493 e. The van der Waals surface area contributed by atoms with Crippen LogP contribution >= 0.6 is 0 Å². The van der Waals surface area contributed by atoms with Crippen LogP contribution in [-0.2, 0) is 9.53 Å². The summed E-state index contributed by atoms with van der Waals surface area (Å²) in [6.45, 7) is 5.55. The quantitative estimate of drug-likeness (QED) is 0.741. The maximum atomic E-state index is 12.2. The zero-order valence-electron chi connectivity index (χ0n) is 16.2. The van der Waals surface area contributed by atoms with E-state index in [1.165, 1.54) is 6.08 Å². The fourth-order valence-electron chi connectivity index (χ4n) is 2.86. The van der Waals surface area contributed by atoms with E-state index < -0.39 is 0 Å². The molecule has 1 aliphatic heterocycles. The molecule has 0 saturated carbocycles. The van der Waals surface area contributed by atoms with Gasteiger partial charge >= 0.3 is 0 Å². The van der Waals surface area contributed by atoms with Gasteiger partial charge in [0.15, 0.2) is 11.5 Å². The Bertz CT molecular complexity index is 815. The van der Waals surface area contributed by atoms with Gasteiger partial charge in [0, 0.05) is 19.2 Å². The summed E-state index contributed by atoms with van der Waals surface area (Å²) in [5.41, 5.74) is 1.49. The number of nitrogens with zero attached hydrogens (tertiary/aromatic N) is 2. The first-order valence-electron chi connectivity index (χ1n) is 9.28. The van der Waals surface area contributed by atoms with E-state index in [4.69, 9.17) is 14.2 Å². The van der Waals surface area contributed by atoms with Crippen LogP contribution in [0.5, 0.6) is 11.5 Å². The number of pyridine rings is 1. The molecule has 1 aliphatic rings. The molecule has 0 unspecified atom stereocenters. The predicted molar refractivity (Wildman–Crippen MR) is 109 cm³/mol.